The Labute approximate surface area is 98.8 Å². The molecule has 1 fully saturated rings. The molecule has 0 amide bonds. The smallest absolute Gasteiger partial charge is 0.321 e. The number of rotatable bonds is 2. The molecule has 2 rings (SSSR count). The highest BCUT2D eigenvalue weighted by atomic mass is 19.4. The van der Waals surface area contributed by atoms with Crippen LogP contribution in [0.25, 0.3) is 0 Å². The van der Waals surface area contributed by atoms with Gasteiger partial charge in [0.15, 0.2) is 0 Å². The van der Waals surface area contributed by atoms with E-state index in [1.165, 1.54) is 6.07 Å². The summed E-state index contributed by atoms with van der Waals surface area (Å²) in [5, 5.41) is 0. The van der Waals surface area contributed by atoms with E-state index in [2.05, 4.69) is 0 Å². The van der Waals surface area contributed by atoms with E-state index in [0.29, 0.717) is 5.56 Å². The van der Waals surface area contributed by atoms with Crippen LogP contribution in [0, 0.1) is 0 Å². The van der Waals surface area contributed by atoms with Crippen LogP contribution in [0.1, 0.15) is 36.8 Å². The van der Waals surface area contributed by atoms with E-state index in [0.717, 1.165) is 31.2 Å². The molecule has 4 heteroatoms. The topological polar surface area (TPSA) is 26.0 Å². The maximum Gasteiger partial charge on any atom is 0.393 e. The summed E-state index contributed by atoms with van der Waals surface area (Å²) in [4.78, 5) is 0. The summed E-state index contributed by atoms with van der Waals surface area (Å²) in [6, 6.07) is 6.63. The lowest BCUT2D eigenvalue weighted by atomic mass is 9.88. The van der Waals surface area contributed by atoms with Gasteiger partial charge in [-0.3, -0.25) is 0 Å². The summed E-state index contributed by atoms with van der Waals surface area (Å²) in [6.07, 6.45) is -1.20. The predicted molar refractivity (Wildman–Crippen MR) is 60.5 cm³/mol. The van der Waals surface area contributed by atoms with Gasteiger partial charge in [0.1, 0.15) is 0 Å². The Balaban J connectivity index is 2.22. The maximum absolute atomic E-state index is 12.3. The first-order valence-electron chi connectivity index (χ1n) is 5.84. The van der Waals surface area contributed by atoms with Gasteiger partial charge >= 0.3 is 6.18 Å². The fourth-order valence-corrected chi connectivity index (χ4v) is 2.52. The first-order valence-corrected chi connectivity index (χ1v) is 5.84. The zero-order chi connectivity index (χ0) is 12.5. The van der Waals surface area contributed by atoms with Crippen molar-refractivity contribution >= 4 is 0 Å². The van der Waals surface area contributed by atoms with Crippen molar-refractivity contribution in [2.75, 3.05) is 0 Å². The number of benzene rings is 1. The van der Waals surface area contributed by atoms with Gasteiger partial charge in [-0.2, -0.15) is 13.2 Å². The van der Waals surface area contributed by atoms with E-state index in [1.54, 1.807) is 12.1 Å². The number of halogens is 3. The Bertz CT molecular complexity index is 392. The van der Waals surface area contributed by atoms with Crippen molar-refractivity contribution in [2.24, 2.45) is 5.73 Å². The lowest BCUT2D eigenvalue weighted by Crippen LogP contribution is -2.33. The second-order valence-electron chi connectivity index (χ2n) is 4.86. The van der Waals surface area contributed by atoms with Gasteiger partial charge in [0.05, 0.1) is 6.42 Å². The Hall–Kier alpha value is -1.03. The molecule has 1 nitrogen and oxygen atoms in total. The highest BCUT2D eigenvalue weighted by Gasteiger charge is 2.32. The van der Waals surface area contributed by atoms with Crippen LogP contribution in [0.15, 0.2) is 24.3 Å². The minimum Gasteiger partial charge on any atom is -0.321 e. The van der Waals surface area contributed by atoms with Crippen LogP contribution in [0.3, 0.4) is 0 Å². The third kappa shape index (κ3) is 3.00. The molecule has 1 aliphatic carbocycles. The molecule has 17 heavy (non-hydrogen) atoms. The van der Waals surface area contributed by atoms with Crippen molar-refractivity contribution in [1.82, 2.24) is 0 Å². The van der Waals surface area contributed by atoms with Crippen molar-refractivity contribution in [1.29, 1.82) is 0 Å². The van der Waals surface area contributed by atoms with Gasteiger partial charge in [-0.05, 0) is 24.0 Å². The first kappa shape index (κ1) is 12.4. The van der Waals surface area contributed by atoms with Gasteiger partial charge in [0.25, 0.3) is 0 Å². The summed E-state index contributed by atoms with van der Waals surface area (Å²) < 4.78 is 36.9. The molecule has 0 heterocycles. The fraction of sp³-hybridized carbons (Fsp3) is 0.538. The average Bonchev–Trinajstić information content (AvgIpc) is 2.64. The number of hydrogen-bond acceptors (Lipinski definition) is 1. The van der Waals surface area contributed by atoms with Gasteiger partial charge in [-0.15, -0.1) is 0 Å². The molecule has 1 saturated carbocycles. The Morgan fingerprint density at radius 1 is 1.18 bits per heavy atom. The van der Waals surface area contributed by atoms with Crippen molar-refractivity contribution in [2.45, 2.75) is 43.8 Å². The van der Waals surface area contributed by atoms with Crippen LogP contribution in [-0.2, 0) is 12.0 Å². The average molecular weight is 243 g/mol. The van der Waals surface area contributed by atoms with Crippen molar-refractivity contribution < 1.29 is 13.2 Å². The van der Waals surface area contributed by atoms with E-state index in [-0.39, 0.29) is 0 Å². The molecule has 1 aromatic rings. The summed E-state index contributed by atoms with van der Waals surface area (Å²) >= 11 is 0. The molecule has 0 saturated heterocycles. The van der Waals surface area contributed by atoms with Gasteiger partial charge in [-0.1, -0.05) is 37.1 Å². The molecule has 1 aromatic carbocycles. The standard InChI is InChI=1S/C13H16F3N/c14-13(15,16)9-10-4-3-5-11(8-10)12(17)6-1-2-7-12/h3-5,8H,1-2,6-7,9,17H2. The molecule has 0 unspecified atom stereocenters. The molecule has 0 atom stereocenters. The monoisotopic (exact) mass is 243 g/mol. The quantitative estimate of drug-likeness (QED) is 0.845. The second kappa shape index (κ2) is 4.33. The van der Waals surface area contributed by atoms with Gasteiger partial charge in [-0.25, -0.2) is 0 Å². The fourth-order valence-electron chi connectivity index (χ4n) is 2.52. The Morgan fingerprint density at radius 2 is 1.82 bits per heavy atom. The summed E-state index contributed by atoms with van der Waals surface area (Å²) in [6.45, 7) is 0. The summed E-state index contributed by atoms with van der Waals surface area (Å²) in [7, 11) is 0. The summed E-state index contributed by atoms with van der Waals surface area (Å²) in [5.74, 6) is 0. The summed E-state index contributed by atoms with van der Waals surface area (Å²) in [5.41, 5.74) is 6.96. The van der Waals surface area contributed by atoms with E-state index >= 15 is 0 Å². The van der Waals surface area contributed by atoms with Crippen LogP contribution in [0.4, 0.5) is 13.2 Å². The maximum atomic E-state index is 12.3. The van der Waals surface area contributed by atoms with Crippen molar-refractivity contribution in [3.05, 3.63) is 35.4 Å². The highest BCUT2D eigenvalue weighted by molar-refractivity contribution is 5.30. The van der Waals surface area contributed by atoms with Gasteiger partial charge in [0.2, 0.25) is 0 Å². The number of hydrogen-bond donors (Lipinski definition) is 1. The first-order chi connectivity index (χ1) is 7.89. The van der Waals surface area contributed by atoms with E-state index in [9.17, 15) is 13.2 Å². The minimum absolute atomic E-state index is 0.298. The lowest BCUT2D eigenvalue weighted by molar-refractivity contribution is -0.127. The molecular formula is C13H16F3N. The minimum atomic E-state index is -4.16. The molecule has 94 valence electrons. The third-order valence-corrected chi connectivity index (χ3v) is 3.40. The van der Waals surface area contributed by atoms with Crippen LogP contribution in [-0.4, -0.2) is 6.18 Å². The molecule has 0 aromatic heterocycles. The highest BCUT2D eigenvalue weighted by Crippen LogP contribution is 2.36. The molecule has 0 spiro atoms. The van der Waals surface area contributed by atoms with Gasteiger partial charge < -0.3 is 5.73 Å². The predicted octanol–water partition coefficient (Wildman–Crippen LogP) is 3.52. The number of alkyl halides is 3. The molecular weight excluding hydrogens is 227 g/mol. The van der Waals surface area contributed by atoms with Crippen LogP contribution in [0.2, 0.25) is 0 Å². The molecule has 0 bridgehead atoms. The molecule has 2 N–H and O–H groups in total. The van der Waals surface area contributed by atoms with E-state index < -0.39 is 18.1 Å². The van der Waals surface area contributed by atoms with Crippen LogP contribution < -0.4 is 5.73 Å². The van der Waals surface area contributed by atoms with E-state index in [1.807, 2.05) is 6.07 Å². The molecule has 0 radical (unpaired) electrons. The Kier molecular flexibility index (Phi) is 3.17. The molecule has 1 aliphatic rings. The lowest BCUT2D eigenvalue weighted by Gasteiger charge is -2.24. The SMILES string of the molecule is NC1(c2cccc(CC(F)(F)F)c2)CCCC1. The van der Waals surface area contributed by atoms with Crippen LogP contribution >= 0.6 is 0 Å². The van der Waals surface area contributed by atoms with Crippen LogP contribution in [0.5, 0.6) is 0 Å². The molecule has 0 aliphatic heterocycles. The zero-order valence-electron chi connectivity index (χ0n) is 9.56. The van der Waals surface area contributed by atoms with Gasteiger partial charge in [0, 0.05) is 5.54 Å². The van der Waals surface area contributed by atoms with Crippen molar-refractivity contribution in [3.8, 4) is 0 Å². The zero-order valence-corrected chi connectivity index (χ0v) is 9.56. The Morgan fingerprint density at radius 3 is 2.41 bits per heavy atom. The second-order valence-corrected chi connectivity index (χ2v) is 4.86. The van der Waals surface area contributed by atoms with Crippen molar-refractivity contribution in [3.63, 3.8) is 0 Å². The largest absolute Gasteiger partial charge is 0.393 e. The third-order valence-electron chi connectivity index (χ3n) is 3.40. The number of nitrogens with two attached hydrogens (primary N) is 1. The van der Waals surface area contributed by atoms with E-state index in [4.69, 9.17) is 5.73 Å². The normalized spacial score (nSPS) is 19.5.